The average molecular weight is 505 g/mol. The number of H-pyrrole nitrogens is 2. The minimum Gasteiger partial charge on any atom is -0.489 e. The van der Waals surface area contributed by atoms with E-state index in [0.717, 1.165) is 57.3 Å². The maximum atomic E-state index is 13.9. The maximum Gasteiger partial charge on any atom is 0.178 e. The third-order valence-electron chi connectivity index (χ3n) is 7.22. The van der Waals surface area contributed by atoms with Crippen LogP contribution in [0.5, 0.6) is 5.75 Å². The van der Waals surface area contributed by atoms with Gasteiger partial charge in [0.05, 0.1) is 23.3 Å². The second-order valence-electron chi connectivity index (χ2n) is 9.77. The lowest BCUT2D eigenvalue weighted by Crippen LogP contribution is -2.19. The summed E-state index contributed by atoms with van der Waals surface area (Å²) < 4.78 is 20.2. The smallest absolute Gasteiger partial charge is 0.178 e. The monoisotopic (exact) mass is 504 g/mol. The van der Waals surface area contributed by atoms with Crippen molar-refractivity contribution < 1.29 is 9.13 Å². The first-order chi connectivity index (χ1) is 18.7. The number of hydrogen-bond acceptors (Lipinski definition) is 5. The first kappa shape index (κ1) is 22.6. The molecule has 38 heavy (non-hydrogen) atoms. The van der Waals surface area contributed by atoms with Crippen LogP contribution in [0.25, 0.3) is 55.8 Å². The van der Waals surface area contributed by atoms with Crippen molar-refractivity contribution in [2.45, 2.75) is 38.2 Å². The van der Waals surface area contributed by atoms with E-state index in [9.17, 15) is 4.39 Å². The van der Waals surface area contributed by atoms with Gasteiger partial charge in [0.15, 0.2) is 11.5 Å². The summed E-state index contributed by atoms with van der Waals surface area (Å²) in [6.45, 7) is 0. The van der Waals surface area contributed by atoms with E-state index in [-0.39, 0.29) is 11.9 Å². The van der Waals surface area contributed by atoms with Crippen LogP contribution in [-0.2, 0) is 0 Å². The number of halogens is 1. The van der Waals surface area contributed by atoms with Crippen molar-refractivity contribution in [2.24, 2.45) is 0 Å². The fourth-order valence-corrected chi connectivity index (χ4v) is 5.31. The van der Waals surface area contributed by atoms with E-state index in [1.54, 1.807) is 18.5 Å². The molecule has 0 bridgehead atoms. The Morgan fingerprint density at radius 3 is 2.71 bits per heavy atom. The largest absolute Gasteiger partial charge is 0.489 e. The van der Waals surface area contributed by atoms with Crippen LogP contribution in [0.15, 0.2) is 73.2 Å². The topological polar surface area (TPSA) is 92.4 Å². The van der Waals surface area contributed by atoms with Crippen molar-refractivity contribution in [1.82, 2.24) is 30.1 Å². The Morgan fingerprint density at radius 2 is 1.82 bits per heavy atom. The highest BCUT2D eigenvalue weighted by Crippen LogP contribution is 2.33. The average Bonchev–Trinajstić information content (AvgIpc) is 3.57. The van der Waals surface area contributed by atoms with E-state index in [0.29, 0.717) is 17.2 Å². The molecule has 4 heterocycles. The number of nitrogens with zero attached hydrogens (tertiary/aromatic N) is 4. The van der Waals surface area contributed by atoms with Crippen LogP contribution in [0.3, 0.4) is 0 Å². The van der Waals surface area contributed by atoms with Crippen molar-refractivity contribution in [3.63, 3.8) is 0 Å². The van der Waals surface area contributed by atoms with Crippen molar-refractivity contribution in [2.75, 3.05) is 0 Å². The SMILES string of the molecule is Fc1cccc(-c2ccnc3nc(-c4n[nH]c5ccc(-c6cncc(OC7CCCCC7)c6)cc45)[nH]c23)c1. The third-order valence-corrected chi connectivity index (χ3v) is 7.22. The number of ether oxygens (including phenoxy) is 1. The van der Waals surface area contributed by atoms with E-state index >= 15 is 0 Å². The zero-order valence-electron chi connectivity index (χ0n) is 20.6. The minimum absolute atomic E-state index is 0.266. The Labute approximate surface area is 218 Å². The zero-order valence-corrected chi connectivity index (χ0v) is 20.6. The normalized spacial score (nSPS) is 14.3. The maximum absolute atomic E-state index is 13.9. The Balaban J connectivity index is 1.26. The molecule has 4 aromatic heterocycles. The highest BCUT2D eigenvalue weighted by Gasteiger charge is 2.18. The number of nitrogens with one attached hydrogen (secondary N) is 2. The van der Waals surface area contributed by atoms with E-state index < -0.39 is 0 Å². The number of rotatable bonds is 5. The fraction of sp³-hybridized carbons (Fsp3) is 0.200. The molecule has 0 unspecified atom stereocenters. The second kappa shape index (κ2) is 9.37. The van der Waals surface area contributed by atoms with E-state index in [4.69, 9.17) is 9.72 Å². The molecular formula is C30H25FN6O. The highest BCUT2D eigenvalue weighted by molar-refractivity contribution is 5.97. The summed E-state index contributed by atoms with van der Waals surface area (Å²) in [5.41, 5.74) is 6.43. The van der Waals surface area contributed by atoms with Gasteiger partial charge in [-0.1, -0.05) is 24.6 Å². The first-order valence-electron chi connectivity index (χ1n) is 12.9. The van der Waals surface area contributed by atoms with Gasteiger partial charge in [0.25, 0.3) is 0 Å². The molecule has 188 valence electrons. The van der Waals surface area contributed by atoms with Gasteiger partial charge in [-0.05, 0) is 73.2 Å². The number of aromatic amines is 2. The third kappa shape index (κ3) is 4.18. The molecule has 0 saturated heterocycles. The molecule has 8 heteroatoms. The van der Waals surface area contributed by atoms with E-state index in [1.807, 2.05) is 30.5 Å². The molecule has 0 spiro atoms. The zero-order chi connectivity index (χ0) is 25.5. The molecule has 1 saturated carbocycles. The van der Waals surface area contributed by atoms with E-state index in [1.165, 1.54) is 31.4 Å². The van der Waals surface area contributed by atoms with Crippen LogP contribution in [0.2, 0.25) is 0 Å². The van der Waals surface area contributed by atoms with Gasteiger partial charge in [0.2, 0.25) is 0 Å². The lowest BCUT2D eigenvalue weighted by atomic mass is 9.98. The van der Waals surface area contributed by atoms with Crippen molar-refractivity contribution in [3.8, 4) is 39.5 Å². The summed E-state index contributed by atoms with van der Waals surface area (Å²) >= 11 is 0. The standard InChI is InChI=1S/C30H25FN6O/c31-21-6-4-5-19(13-21)24-11-12-33-29-27(24)34-30(35-29)28-25-15-18(9-10-26(25)36-37-28)20-14-23(17-32-16-20)38-22-7-2-1-3-8-22/h4-6,9-17,22H,1-3,7-8H2,(H,36,37)(H,33,34,35). The van der Waals surface area contributed by atoms with Crippen molar-refractivity contribution in [3.05, 3.63) is 79.0 Å². The Hall–Kier alpha value is -4.59. The number of hydrogen-bond donors (Lipinski definition) is 2. The summed E-state index contributed by atoms with van der Waals surface area (Å²) in [5, 5.41) is 8.59. The van der Waals surface area contributed by atoms with E-state index in [2.05, 4.69) is 37.3 Å². The number of pyridine rings is 2. The predicted octanol–water partition coefficient (Wildman–Crippen LogP) is 7.08. The highest BCUT2D eigenvalue weighted by atomic mass is 19.1. The second-order valence-corrected chi connectivity index (χ2v) is 9.77. The first-order valence-corrected chi connectivity index (χ1v) is 12.9. The van der Waals surface area contributed by atoms with Crippen LogP contribution in [-0.4, -0.2) is 36.2 Å². The molecule has 2 N–H and O–H groups in total. The van der Waals surface area contributed by atoms with Crippen molar-refractivity contribution in [1.29, 1.82) is 0 Å². The molecule has 0 aliphatic heterocycles. The van der Waals surface area contributed by atoms with Crippen LogP contribution in [0.4, 0.5) is 4.39 Å². The van der Waals surface area contributed by atoms with Gasteiger partial charge in [0, 0.05) is 28.9 Å². The Bertz CT molecular complexity index is 1770. The van der Waals surface area contributed by atoms with Crippen LogP contribution in [0.1, 0.15) is 32.1 Å². The van der Waals surface area contributed by atoms with Crippen LogP contribution < -0.4 is 4.74 Å². The number of aromatic nitrogens is 6. The molecule has 0 radical (unpaired) electrons. The molecule has 7 nitrogen and oxygen atoms in total. The van der Waals surface area contributed by atoms with Crippen LogP contribution in [0, 0.1) is 5.82 Å². The van der Waals surface area contributed by atoms with Gasteiger partial charge >= 0.3 is 0 Å². The molecule has 0 atom stereocenters. The summed E-state index contributed by atoms with van der Waals surface area (Å²) in [4.78, 5) is 17.0. The van der Waals surface area contributed by atoms with Gasteiger partial charge in [-0.3, -0.25) is 10.1 Å². The predicted molar refractivity (Wildman–Crippen MR) is 145 cm³/mol. The molecule has 1 fully saturated rings. The molecule has 2 aromatic carbocycles. The lowest BCUT2D eigenvalue weighted by molar-refractivity contribution is 0.154. The number of benzene rings is 2. The van der Waals surface area contributed by atoms with Gasteiger partial charge in [-0.25, -0.2) is 14.4 Å². The summed E-state index contributed by atoms with van der Waals surface area (Å²) in [6.07, 6.45) is 11.5. The summed E-state index contributed by atoms with van der Waals surface area (Å²) in [7, 11) is 0. The Kier molecular flexibility index (Phi) is 5.57. The van der Waals surface area contributed by atoms with Gasteiger partial charge < -0.3 is 9.72 Å². The molecule has 7 rings (SSSR count). The molecule has 1 aliphatic carbocycles. The quantitative estimate of drug-likeness (QED) is 0.262. The number of fused-ring (bicyclic) bond motifs is 2. The molecule has 1 aliphatic rings. The summed E-state index contributed by atoms with van der Waals surface area (Å²) in [5.74, 6) is 1.10. The van der Waals surface area contributed by atoms with Crippen LogP contribution >= 0.6 is 0 Å². The minimum atomic E-state index is -0.291. The van der Waals surface area contributed by atoms with Gasteiger partial charge in [-0.15, -0.1) is 0 Å². The number of imidazole rings is 1. The van der Waals surface area contributed by atoms with Crippen molar-refractivity contribution >= 4 is 22.1 Å². The molecule has 6 aromatic rings. The fourth-order valence-electron chi connectivity index (χ4n) is 5.31. The van der Waals surface area contributed by atoms with Gasteiger partial charge in [0.1, 0.15) is 17.3 Å². The molecular weight excluding hydrogens is 479 g/mol. The molecule has 0 amide bonds. The summed E-state index contributed by atoms with van der Waals surface area (Å²) in [6, 6.07) is 16.6. The lowest BCUT2D eigenvalue weighted by Gasteiger charge is -2.23. The Morgan fingerprint density at radius 1 is 0.895 bits per heavy atom. The van der Waals surface area contributed by atoms with Gasteiger partial charge in [-0.2, -0.15) is 5.10 Å².